The van der Waals surface area contributed by atoms with Crippen LogP contribution in [-0.2, 0) is 26.7 Å². The summed E-state index contributed by atoms with van der Waals surface area (Å²) in [6.45, 7) is 6.55. The van der Waals surface area contributed by atoms with Crippen LogP contribution in [0.2, 0.25) is 0 Å². The average Bonchev–Trinajstić information content (AvgIpc) is 2.59. The molecule has 0 spiro atoms. The molecular weight excluding hydrogens is 338 g/mol. The van der Waals surface area contributed by atoms with Crippen molar-refractivity contribution in [1.29, 1.82) is 0 Å². The van der Waals surface area contributed by atoms with Gasteiger partial charge in [0.05, 0.1) is 17.6 Å². The van der Waals surface area contributed by atoms with Crippen molar-refractivity contribution < 1.29 is 17.9 Å². The molecule has 134 valence electrons. The molecule has 0 saturated heterocycles. The molecule has 1 N–H and O–H groups in total. The Hall–Kier alpha value is -2.18. The first-order valence-electron chi connectivity index (χ1n) is 7.91. The fraction of sp³-hybridized carbons (Fsp3) is 0.316. The van der Waals surface area contributed by atoms with Crippen LogP contribution < -0.4 is 4.72 Å². The highest BCUT2D eigenvalue weighted by molar-refractivity contribution is 7.89. The van der Waals surface area contributed by atoms with Gasteiger partial charge < -0.3 is 4.74 Å². The number of carbonyl (C=O) groups is 1. The zero-order chi connectivity index (χ0) is 18.7. The maximum absolute atomic E-state index is 12.4. The summed E-state index contributed by atoms with van der Waals surface area (Å²) in [5.74, 6) is -0.574. The smallest absolute Gasteiger partial charge is 0.337 e. The highest BCUT2D eigenvalue weighted by atomic mass is 32.2. The van der Waals surface area contributed by atoms with E-state index in [0.29, 0.717) is 0 Å². The van der Waals surface area contributed by atoms with Crippen LogP contribution in [0.4, 0.5) is 0 Å². The molecular formula is C19H23NO4S. The van der Waals surface area contributed by atoms with E-state index in [1.165, 1.54) is 36.9 Å². The highest BCUT2D eigenvalue weighted by Crippen LogP contribution is 2.22. The van der Waals surface area contributed by atoms with E-state index < -0.39 is 16.0 Å². The molecule has 0 atom stereocenters. The summed E-state index contributed by atoms with van der Waals surface area (Å²) in [6, 6.07) is 13.6. The van der Waals surface area contributed by atoms with E-state index >= 15 is 0 Å². The topological polar surface area (TPSA) is 72.5 Å². The SMILES string of the molecule is COC(=O)c1cccc(S(=O)(=O)NCc2ccc(C(C)(C)C)cc2)c1. The number of esters is 1. The molecule has 0 heterocycles. The minimum Gasteiger partial charge on any atom is -0.465 e. The fourth-order valence-corrected chi connectivity index (χ4v) is 3.36. The molecule has 0 aliphatic heterocycles. The molecule has 0 aliphatic carbocycles. The largest absolute Gasteiger partial charge is 0.465 e. The van der Waals surface area contributed by atoms with Gasteiger partial charge in [-0.3, -0.25) is 0 Å². The maximum Gasteiger partial charge on any atom is 0.337 e. The van der Waals surface area contributed by atoms with Gasteiger partial charge in [-0.15, -0.1) is 0 Å². The number of rotatable bonds is 5. The Morgan fingerprint density at radius 1 is 1.08 bits per heavy atom. The predicted molar refractivity (Wildman–Crippen MR) is 96.9 cm³/mol. The summed E-state index contributed by atoms with van der Waals surface area (Å²) < 4.78 is 32.0. The Kier molecular flexibility index (Phi) is 5.65. The van der Waals surface area contributed by atoms with Crippen LogP contribution in [-0.4, -0.2) is 21.5 Å². The Morgan fingerprint density at radius 3 is 2.28 bits per heavy atom. The fourth-order valence-electron chi connectivity index (χ4n) is 2.29. The molecule has 6 heteroatoms. The Balaban J connectivity index is 2.13. The number of hydrogen-bond acceptors (Lipinski definition) is 4. The second kappa shape index (κ2) is 7.37. The zero-order valence-electron chi connectivity index (χ0n) is 14.9. The second-order valence-corrected chi connectivity index (χ2v) is 8.56. The quantitative estimate of drug-likeness (QED) is 0.830. The van der Waals surface area contributed by atoms with Gasteiger partial charge in [-0.2, -0.15) is 0 Å². The van der Waals surface area contributed by atoms with Crippen molar-refractivity contribution in [3.63, 3.8) is 0 Å². The van der Waals surface area contributed by atoms with Crippen LogP contribution in [0, 0.1) is 0 Å². The van der Waals surface area contributed by atoms with E-state index in [0.717, 1.165) is 5.56 Å². The van der Waals surface area contributed by atoms with Crippen molar-refractivity contribution in [2.24, 2.45) is 0 Å². The lowest BCUT2D eigenvalue weighted by molar-refractivity contribution is 0.0600. The van der Waals surface area contributed by atoms with Gasteiger partial charge in [0.15, 0.2) is 0 Å². The standard InChI is InChI=1S/C19H23NO4S/c1-19(2,3)16-10-8-14(9-11-16)13-20-25(22,23)17-7-5-6-15(12-17)18(21)24-4/h5-12,20H,13H2,1-4H3. The number of ether oxygens (including phenoxy) is 1. The highest BCUT2D eigenvalue weighted by Gasteiger charge is 2.17. The van der Waals surface area contributed by atoms with Crippen molar-refractivity contribution in [3.8, 4) is 0 Å². The van der Waals surface area contributed by atoms with Crippen LogP contribution in [0.25, 0.3) is 0 Å². The normalized spacial score (nSPS) is 12.0. The van der Waals surface area contributed by atoms with Gasteiger partial charge in [0.2, 0.25) is 10.0 Å². The van der Waals surface area contributed by atoms with Crippen LogP contribution in [0.5, 0.6) is 0 Å². The molecule has 2 rings (SSSR count). The van der Waals surface area contributed by atoms with E-state index in [1.54, 1.807) is 0 Å². The first-order valence-corrected chi connectivity index (χ1v) is 9.39. The van der Waals surface area contributed by atoms with E-state index in [4.69, 9.17) is 0 Å². The molecule has 25 heavy (non-hydrogen) atoms. The van der Waals surface area contributed by atoms with Crippen LogP contribution >= 0.6 is 0 Å². The summed E-state index contributed by atoms with van der Waals surface area (Å²) in [4.78, 5) is 11.6. The monoisotopic (exact) mass is 361 g/mol. The van der Waals surface area contributed by atoms with E-state index in [9.17, 15) is 13.2 Å². The van der Waals surface area contributed by atoms with Gasteiger partial charge in [0, 0.05) is 6.54 Å². The average molecular weight is 361 g/mol. The Labute approximate surface area is 149 Å². The summed E-state index contributed by atoms with van der Waals surface area (Å²) >= 11 is 0. The molecule has 5 nitrogen and oxygen atoms in total. The lowest BCUT2D eigenvalue weighted by atomic mass is 9.87. The van der Waals surface area contributed by atoms with Gasteiger partial charge >= 0.3 is 5.97 Å². The third kappa shape index (κ3) is 4.90. The van der Waals surface area contributed by atoms with Gasteiger partial charge in [-0.1, -0.05) is 51.1 Å². The van der Waals surface area contributed by atoms with Crippen molar-refractivity contribution in [3.05, 3.63) is 65.2 Å². The summed E-state index contributed by atoms with van der Waals surface area (Å²) in [7, 11) is -2.47. The van der Waals surface area contributed by atoms with Gasteiger partial charge in [0.25, 0.3) is 0 Å². The number of sulfonamides is 1. The molecule has 0 fully saturated rings. The zero-order valence-corrected chi connectivity index (χ0v) is 15.7. The predicted octanol–water partition coefficient (Wildman–Crippen LogP) is 3.25. The molecule has 0 aromatic heterocycles. The first kappa shape index (κ1) is 19.1. The van der Waals surface area contributed by atoms with E-state index in [2.05, 4.69) is 30.2 Å². The molecule has 0 unspecified atom stereocenters. The molecule has 0 bridgehead atoms. The maximum atomic E-state index is 12.4. The van der Waals surface area contributed by atoms with Crippen LogP contribution in [0.15, 0.2) is 53.4 Å². The molecule has 2 aromatic rings. The molecule has 0 aliphatic rings. The number of benzene rings is 2. The van der Waals surface area contributed by atoms with Crippen molar-refractivity contribution in [1.82, 2.24) is 4.72 Å². The summed E-state index contributed by atoms with van der Waals surface area (Å²) in [6.07, 6.45) is 0. The molecule has 2 aromatic carbocycles. The third-order valence-electron chi connectivity index (χ3n) is 3.85. The number of methoxy groups -OCH3 is 1. The van der Waals surface area contributed by atoms with E-state index in [-0.39, 0.29) is 22.4 Å². The number of nitrogens with one attached hydrogen (secondary N) is 1. The lowest BCUT2D eigenvalue weighted by Crippen LogP contribution is -2.23. The van der Waals surface area contributed by atoms with E-state index in [1.807, 2.05) is 24.3 Å². The van der Waals surface area contributed by atoms with Crippen LogP contribution in [0.1, 0.15) is 42.3 Å². The Bertz CT molecular complexity index is 850. The molecule has 0 amide bonds. The number of hydrogen-bond donors (Lipinski definition) is 1. The Morgan fingerprint density at radius 2 is 1.72 bits per heavy atom. The third-order valence-corrected chi connectivity index (χ3v) is 5.25. The van der Waals surface area contributed by atoms with Crippen molar-refractivity contribution in [2.45, 2.75) is 37.6 Å². The van der Waals surface area contributed by atoms with Crippen molar-refractivity contribution in [2.75, 3.05) is 7.11 Å². The first-order chi connectivity index (χ1) is 11.6. The minimum atomic E-state index is -3.72. The summed E-state index contributed by atoms with van der Waals surface area (Å²) in [5, 5.41) is 0. The van der Waals surface area contributed by atoms with Crippen molar-refractivity contribution >= 4 is 16.0 Å². The molecule has 0 radical (unpaired) electrons. The minimum absolute atomic E-state index is 0.0294. The second-order valence-electron chi connectivity index (χ2n) is 6.79. The van der Waals surface area contributed by atoms with Crippen LogP contribution in [0.3, 0.4) is 0 Å². The molecule has 0 saturated carbocycles. The number of carbonyl (C=O) groups excluding carboxylic acids is 1. The van der Waals surface area contributed by atoms with Gasteiger partial charge in [-0.05, 0) is 34.7 Å². The van der Waals surface area contributed by atoms with Gasteiger partial charge in [0.1, 0.15) is 0 Å². The summed E-state index contributed by atoms with van der Waals surface area (Å²) in [5.41, 5.74) is 2.29. The lowest BCUT2D eigenvalue weighted by Gasteiger charge is -2.19. The van der Waals surface area contributed by atoms with Gasteiger partial charge in [-0.25, -0.2) is 17.9 Å².